The molecule has 0 N–H and O–H groups in total. The van der Waals surface area contributed by atoms with Gasteiger partial charge >= 0.3 is 0 Å². The van der Waals surface area contributed by atoms with Gasteiger partial charge in [0, 0.05) is 17.4 Å². The number of carbonyl (C=O) groups is 1. The van der Waals surface area contributed by atoms with Crippen LogP contribution in [0.5, 0.6) is 0 Å². The summed E-state index contributed by atoms with van der Waals surface area (Å²) in [5.41, 5.74) is 1.71. The summed E-state index contributed by atoms with van der Waals surface area (Å²) in [4.78, 5) is 13.2. The van der Waals surface area contributed by atoms with Crippen molar-refractivity contribution in [2.24, 2.45) is 52.3 Å². The third-order valence-electron chi connectivity index (χ3n) is 10.8. The molecule has 30 heavy (non-hydrogen) atoms. The maximum absolute atomic E-state index is 13.2. The Morgan fingerprint density at radius 3 is 2.53 bits per heavy atom. The van der Waals surface area contributed by atoms with Gasteiger partial charge in [0.1, 0.15) is 0 Å². The van der Waals surface area contributed by atoms with Crippen molar-refractivity contribution in [1.82, 2.24) is 0 Å². The van der Waals surface area contributed by atoms with E-state index < -0.39 is 0 Å². The van der Waals surface area contributed by atoms with Crippen LogP contribution in [0.2, 0.25) is 0 Å². The van der Waals surface area contributed by atoms with Gasteiger partial charge in [-0.1, -0.05) is 72.6 Å². The first-order valence-electron chi connectivity index (χ1n) is 13.1. The molecule has 1 heteroatoms. The van der Waals surface area contributed by atoms with Gasteiger partial charge in [-0.25, -0.2) is 0 Å². The lowest BCUT2D eigenvalue weighted by Gasteiger charge is -2.57. The molecule has 0 radical (unpaired) electrons. The number of hydrogen-bond acceptors (Lipinski definition) is 1. The van der Waals surface area contributed by atoms with E-state index in [2.05, 4.69) is 59.8 Å². The molecule has 0 aliphatic heterocycles. The number of fused-ring (bicyclic) bond motifs is 5. The molecule has 0 unspecified atom stereocenters. The summed E-state index contributed by atoms with van der Waals surface area (Å²) in [6, 6.07) is 0. The van der Waals surface area contributed by atoms with Crippen LogP contribution in [-0.4, -0.2) is 5.78 Å². The van der Waals surface area contributed by atoms with Crippen molar-refractivity contribution in [3.8, 4) is 0 Å². The van der Waals surface area contributed by atoms with Crippen molar-refractivity contribution in [3.63, 3.8) is 0 Å². The van der Waals surface area contributed by atoms with Crippen molar-refractivity contribution in [2.45, 2.75) is 99.3 Å². The molecule has 168 valence electrons. The van der Waals surface area contributed by atoms with E-state index in [0.717, 1.165) is 48.0 Å². The molecule has 0 saturated heterocycles. The Labute approximate surface area is 186 Å². The number of rotatable bonds is 6. The molecule has 4 rings (SSSR count). The second-order valence-electron chi connectivity index (χ2n) is 12.3. The Bertz CT molecular complexity index is 714. The van der Waals surface area contributed by atoms with Crippen LogP contribution in [0.15, 0.2) is 23.8 Å². The number of ketones is 1. The Balaban J connectivity index is 1.50. The summed E-state index contributed by atoms with van der Waals surface area (Å²) in [7, 11) is 0. The molecule has 0 heterocycles. The van der Waals surface area contributed by atoms with E-state index in [0.29, 0.717) is 23.0 Å². The predicted octanol–water partition coefficient (Wildman–Crippen LogP) is 8.01. The average Bonchev–Trinajstić information content (AvgIpc) is 3.05. The fraction of sp³-hybridized carbons (Fsp3) is 0.828. The van der Waals surface area contributed by atoms with Crippen molar-refractivity contribution in [2.75, 3.05) is 0 Å². The SMILES string of the molecule is CC[C@@H](CC[C@@H](C)[C@H]1CC[C@H]2[C@@H]3CC(=O)C4=CC=CC[C@]4(C)[C@H]3CC[C@]12C)C(C)C. The summed E-state index contributed by atoms with van der Waals surface area (Å²) < 4.78 is 0. The zero-order chi connectivity index (χ0) is 21.7. The first-order chi connectivity index (χ1) is 14.2. The highest BCUT2D eigenvalue weighted by atomic mass is 16.1. The van der Waals surface area contributed by atoms with Gasteiger partial charge < -0.3 is 0 Å². The molecule has 3 fully saturated rings. The number of carbonyl (C=O) groups excluding carboxylic acids is 1. The van der Waals surface area contributed by atoms with E-state index in [-0.39, 0.29) is 5.41 Å². The summed E-state index contributed by atoms with van der Waals surface area (Å²) in [6.45, 7) is 14.8. The summed E-state index contributed by atoms with van der Waals surface area (Å²) >= 11 is 0. The number of allylic oxidation sites excluding steroid dienone is 4. The third kappa shape index (κ3) is 3.47. The standard InChI is InChI=1S/C29H46O/c1-7-21(19(2)3)12-11-20(4)23-13-14-24-22-18-27(30)26-10-8-9-16-28(26,5)25(22)15-17-29(23,24)6/h8-10,19-25H,7,11-18H2,1-6H3/t20-,21+,22+,23-,24+,25+,28-,29-/m1/s1. The lowest BCUT2D eigenvalue weighted by atomic mass is 9.46. The van der Waals surface area contributed by atoms with Crippen LogP contribution in [0.4, 0.5) is 0 Å². The highest BCUT2D eigenvalue weighted by Crippen LogP contribution is 2.67. The third-order valence-corrected chi connectivity index (χ3v) is 10.8. The van der Waals surface area contributed by atoms with Crippen molar-refractivity contribution in [1.29, 1.82) is 0 Å². The maximum Gasteiger partial charge on any atom is 0.159 e. The van der Waals surface area contributed by atoms with E-state index in [4.69, 9.17) is 0 Å². The minimum absolute atomic E-state index is 0.103. The Kier molecular flexibility index (Phi) is 6.15. The molecular weight excluding hydrogens is 364 g/mol. The summed E-state index contributed by atoms with van der Waals surface area (Å²) in [5, 5.41) is 0. The zero-order valence-corrected chi connectivity index (χ0v) is 20.5. The van der Waals surface area contributed by atoms with Crippen LogP contribution in [-0.2, 0) is 4.79 Å². The lowest BCUT2D eigenvalue weighted by molar-refractivity contribution is -0.128. The quantitative estimate of drug-likeness (QED) is 0.433. The Hall–Kier alpha value is -0.850. The van der Waals surface area contributed by atoms with Gasteiger partial charge in [-0.3, -0.25) is 4.79 Å². The Morgan fingerprint density at radius 1 is 1.07 bits per heavy atom. The molecule has 8 atom stereocenters. The first kappa shape index (κ1) is 22.3. The maximum atomic E-state index is 13.2. The van der Waals surface area contributed by atoms with Crippen LogP contribution < -0.4 is 0 Å². The molecule has 1 nitrogen and oxygen atoms in total. The van der Waals surface area contributed by atoms with Crippen LogP contribution in [0.1, 0.15) is 99.3 Å². The van der Waals surface area contributed by atoms with Gasteiger partial charge in [0.2, 0.25) is 0 Å². The molecule has 0 aromatic rings. The fourth-order valence-corrected chi connectivity index (χ4v) is 8.89. The number of hydrogen-bond donors (Lipinski definition) is 0. The van der Waals surface area contributed by atoms with Gasteiger partial charge in [0.15, 0.2) is 5.78 Å². The van der Waals surface area contributed by atoms with Crippen LogP contribution in [0, 0.1) is 52.3 Å². The second kappa shape index (κ2) is 8.25. The minimum atomic E-state index is 0.103. The van der Waals surface area contributed by atoms with E-state index >= 15 is 0 Å². The average molecular weight is 411 g/mol. The largest absolute Gasteiger partial charge is 0.295 e. The van der Waals surface area contributed by atoms with E-state index in [1.54, 1.807) is 0 Å². The molecule has 3 saturated carbocycles. The molecule has 0 bridgehead atoms. The topological polar surface area (TPSA) is 17.1 Å². The Morgan fingerprint density at radius 2 is 1.83 bits per heavy atom. The molecule has 0 aromatic carbocycles. The smallest absolute Gasteiger partial charge is 0.159 e. The van der Waals surface area contributed by atoms with Gasteiger partial charge in [-0.2, -0.15) is 0 Å². The predicted molar refractivity (Wildman–Crippen MR) is 127 cm³/mol. The lowest BCUT2D eigenvalue weighted by Crippen LogP contribution is -2.52. The fourth-order valence-electron chi connectivity index (χ4n) is 8.89. The van der Waals surface area contributed by atoms with Crippen LogP contribution >= 0.6 is 0 Å². The van der Waals surface area contributed by atoms with E-state index in [1.165, 1.54) is 44.9 Å². The molecule has 0 amide bonds. The van der Waals surface area contributed by atoms with Crippen molar-refractivity contribution >= 4 is 5.78 Å². The van der Waals surface area contributed by atoms with Crippen LogP contribution in [0.3, 0.4) is 0 Å². The minimum Gasteiger partial charge on any atom is -0.295 e. The van der Waals surface area contributed by atoms with Gasteiger partial charge in [-0.05, 0) is 85.4 Å². The molecule has 4 aliphatic carbocycles. The van der Waals surface area contributed by atoms with Gasteiger partial charge in [0.25, 0.3) is 0 Å². The van der Waals surface area contributed by atoms with Crippen LogP contribution in [0.25, 0.3) is 0 Å². The normalized spacial score (nSPS) is 42.4. The van der Waals surface area contributed by atoms with Crippen molar-refractivity contribution < 1.29 is 4.79 Å². The van der Waals surface area contributed by atoms with Gasteiger partial charge in [-0.15, -0.1) is 0 Å². The second-order valence-corrected chi connectivity index (χ2v) is 12.3. The highest BCUT2D eigenvalue weighted by Gasteiger charge is 2.60. The highest BCUT2D eigenvalue weighted by molar-refractivity contribution is 5.98. The molecule has 4 aliphatic rings. The first-order valence-corrected chi connectivity index (χ1v) is 13.1. The monoisotopic (exact) mass is 410 g/mol. The molecular formula is C29H46O. The molecule has 0 aromatic heterocycles. The van der Waals surface area contributed by atoms with E-state index in [1.807, 2.05) is 0 Å². The van der Waals surface area contributed by atoms with Crippen molar-refractivity contribution in [3.05, 3.63) is 23.8 Å². The summed E-state index contributed by atoms with van der Waals surface area (Å²) in [5.74, 6) is 5.95. The van der Waals surface area contributed by atoms with E-state index in [9.17, 15) is 4.79 Å². The number of Topliss-reactive ketones (excluding diaryl/α,β-unsaturated/α-hetero) is 1. The summed E-state index contributed by atoms with van der Waals surface area (Å²) in [6.07, 6.45) is 18.1. The molecule has 0 spiro atoms. The van der Waals surface area contributed by atoms with Gasteiger partial charge in [0.05, 0.1) is 0 Å². The zero-order valence-electron chi connectivity index (χ0n) is 20.5.